The quantitative estimate of drug-likeness (QED) is 0.0763. The highest BCUT2D eigenvalue weighted by molar-refractivity contribution is 6.18. The highest BCUT2D eigenvalue weighted by atomic mass is 35.5. The van der Waals surface area contributed by atoms with Gasteiger partial charge >= 0.3 is 29.8 Å². The molecule has 1 aliphatic heterocycles. The summed E-state index contributed by atoms with van der Waals surface area (Å²) in [5, 5.41) is 16.5. The number of aliphatic hydroxyl groups excluding tert-OH is 1. The molecular weight excluding hydrogens is 576 g/mol. The number of carboxylic acids is 1. The van der Waals surface area contributed by atoms with Crippen molar-refractivity contribution in [1.82, 2.24) is 0 Å². The van der Waals surface area contributed by atoms with Gasteiger partial charge in [-0.15, -0.1) is 11.6 Å². The summed E-state index contributed by atoms with van der Waals surface area (Å²) < 4.78 is 23.1. The lowest BCUT2D eigenvalue weighted by Crippen LogP contribution is -2.19. The first-order valence-electron chi connectivity index (χ1n) is 12.4. The van der Waals surface area contributed by atoms with Crippen LogP contribution in [0.1, 0.15) is 40.5 Å². The van der Waals surface area contributed by atoms with Crippen molar-refractivity contribution < 1.29 is 57.9 Å². The van der Waals surface area contributed by atoms with E-state index in [1.54, 1.807) is 13.8 Å². The van der Waals surface area contributed by atoms with E-state index in [0.29, 0.717) is 36.5 Å². The van der Waals surface area contributed by atoms with Gasteiger partial charge in [-0.2, -0.15) is 0 Å². The number of carbonyl (C=O) groups excluding carboxylic acids is 4. The van der Waals surface area contributed by atoms with Gasteiger partial charge in [-0.05, 0) is 27.2 Å². The van der Waals surface area contributed by atoms with Crippen molar-refractivity contribution in [3.8, 4) is 0 Å². The monoisotopic (exact) mass is 620 g/mol. The molecule has 42 heavy (non-hydrogen) atoms. The molecule has 0 aromatic carbocycles. The molecule has 1 saturated heterocycles. The summed E-state index contributed by atoms with van der Waals surface area (Å²) in [6.45, 7) is 24.7. The fraction of sp³-hybridized carbons (Fsp3) is 0.483. The average Bonchev–Trinajstić information content (AvgIpc) is 3.79. The van der Waals surface area contributed by atoms with E-state index in [-0.39, 0.29) is 36.5 Å². The van der Waals surface area contributed by atoms with Crippen molar-refractivity contribution in [2.75, 3.05) is 39.4 Å². The summed E-state index contributed by atoms with van der Waals surface area (Å²) in [6, 6.07) is 0. The number of aliphatic hydroxyl groups is 1. The van der Waals surface area contributed by atoms with E-state index in [1.165, 1.54) is 20.1 Å². The number of alkyl halides is 1. The highest BCUT2D eigenvalue weighted by Crippen LogP contribution is 2.09. The third-order valence-electron chi connectivity index (χ3n) is 3.70. The summed E-state index contributed by atoms with van der Waals surface area (Å²) in [6.07, 6.45) is 3.34. The average molecular weight is 621 g/mol. The van der Waals surface area contributed by atoms with Crippen LogP contribution in [-0.4, -0.2) is 91.7 Å². The Hall–Kier alpha value is -3.74. The fourth-order valence-electron chi connectivity index (χ4n) is 1.35. The molecule has 12 nitrogen and oxygen atoms in total. The number of hydrogen-bond acceptors (Lipinski definition) is 11. The van der Waals surface area contributed by atoms with Crippen LogP contribution in [0.25, 0.3) is 0 Å². The lowest BCUT2D eigenvalue weighted by molar-refractivity contribution is -0.141. The van der Waals surface area contributed by atoms with Crippen LogP contribution < -0.4 is 0 Å². The van der Waals surface area contributed by atoms with Crippen LogP contribution in [0.3, 0.4) is 0 Å². The fourth-order valence-corrected chi connectivity index (χ4v) is 1.44. The number of esters is 4. The Morgan fingerprint density at radius 2 is 1.38 bits per heavy atom. The van der Waals surface area contributed by atoms with Crippen LogP contribution in [0.5, 0.6) is 0 Å². The standard InChI is InChI=1S/C7H11ClO3.C7H10O3.C7H12O2.C5H8O2.C3H4O2/c1-5(2)7(10)11-4-6(9)3-8;1-5(2)7(8)10-4-6-3-9-6;1-3-5-6-9-7(8)4-2;1-4(2)5(6)7-3;1-2-3(4)5/h6,9H,1,3-4H2,2H3;6H,1,3-4H2,2H3;4H,2-3,5-6H2,1H3;1H2,2-3H3;2H,1H2,(H,4,5). The Morgan fingerprint density at radius 1 is 0.929 bits per heavy atom. The van der Waals surface area contributed by atoms with E-state index < -0.39 is 18.0 Å². The Labute approximate surface area is 253 Å². The molecule has 0 aromatic rings. The van der Waals surface area contributed by atoms with Gasteiger partial charge in [-0.3, -0.25) is 0 Å². The molecule has 1 rings (SSSR count). The van der Waals surface area contributed by atoms with Crippen molar-refractivity contribution in [1.29, 1.82) is 0 Å². The minimum Gasteiger partial charge on any atom is -0.478 e. The maximum Gasteiger partial charge on any atom is 0.333 e. The maximum absolute atomic E-state index is 10.7. The van der Waals surface area contributed by atoms with Crippen molar-refractivity contribution in [2.45, 2.75) is 52.7 Å². The molecule has 1 heterocycles. The first kappa shape index (κ1) is 45.3. The Kier molecular flexibility index (Phi) is 32.6. The van der Waals surface area contributed by atoms with E-state index >= 15 is 0 Å². The number of unbranched alkanes of at least 4 members (excludes halogenated alkanes) is 1. The van der Waals surface area contributed by atoms with Crippen molar-refractivity contribution in [3.05, 3.63) is 61.8 Å². The topological polar surface area (TPSA) is 175 Å². The molecule has 1 fully saturated rings. The van der Waals surface area contributed by atoms with Gasteiger partial charge in [0, 0.05) is 28.9 Å². The molecule has 240 valence electrons. The number of ether oxygens (including phenoxy) is 5. The van der Waals surface area contributed by atoms with E-state index in [0.717, 1.165) is 18.9 Å². The van der Waals surface area contributed by atoms with Gasteiger partial charge in [0.1, 0.15) is 25.4 Å². The van der Waals surface area contributed by atoms with E-state index in [4.69, 9.17) is 31.3 Å². The van der Waals surface area contributed by atoms with Gasteiger partial charge in [-0.25, -0.2) is 24.0 Å². The van der Waals surface area contributed by atoms with E-state index in [1.807, 2.05) is 6.92 Å². The van der Waals surface area contributed by atoms with E-state index in [2.05, 4.69) is 47.1 Å². The van der Waals surface area contributed by atoms with Crippen LogP contribution in [0.4, 0.5) is 0 Å². The lowest BCUT2D eigenvalue weighted by atomic mass is 10.3. The predicted molar refractivity (Wildman–Crippen MR) is 159 cm³/mol. The van der Waals surface area contributed by atoms with Gasteiger partial charge in [-0.1, -0.05) is 46.2 Å². The van der Waals surface area contributed by atoms with Gasteiger partial charge in [0.15, 0.2) is 0 Å². The second-order valence-corrected chi connectivity index (χ2v) is 8.37. The summed E-state index contributed by atoms with van der Waals surface area (Å²) >= 11 is 5.25. The van der Waals surface area contributed by atoms with Crippen molar-refractivity contribution in [3.63, 3.8) is 0 Å². The summed E-state index contributed by atoms with van der Waals surface area (Å²) in [5.74, 6) is -2.44. The van der Waals surface area contributed by atoms with Crippen LogP contribution in [0.15, 0.2) is 61.8 Å². The third kappa shape index (κ3) is 38.4. The van der Waals surface area contributed by atoms with Gasteiger partial charge < -0.3 is 33.9 Å². The molecule has 1 aliphatic rings. The summed E-state index contributed by atoms with van der Waals surface area (Å²) in [7, 11) is 1.33. The van der Waals surface area contributed by atoms with E-state index in [9.17, 15) is 24.0 Å². The summed E-state index contributed by atoms with van der Waals surface area (Å²) in [5.41, 5.74) is 1.18. The van der Waals surface area contributed by atoms with Gasteiger partial charge in [0.25, 0.3) is 0 Å². The Balaban J connectivity index is -0.000000220. The maximum atomic E-state index is 10.7. The molecule has 0 aliphatic carbocycles. The molecule has 13 heteroatoms. The van der Waals surface area contributed by atoms with Crippen LogP contribution in [-0.2, 0) is 47.7 Å². The van der Waals surface area contributed by atoms with Crippen LogP contribution >= 0.6 is 11.6 Å². The molecule has 0 bridgehead atoms. The SMILES string of the molecule is C=C(C)C(=O)OC.C=C(C)C(=O)OCC(O)CCl.C=C(C)C(=O)OCC1CO1.C=CC(=O)O.C=CC(=O)OCCCC. The minimum absolute atomic E-state index is 0.0590. The second-order valence-electron chi connectivity index (χ2n) is 8.06. The molecule has 2 atom stereocenters. The minimum atomic E-state index is -0.981. The van der Waals surface area contributed by atoms with Crippen LogP contribution in [0.2, 0.25) is 0 Å². The number of halogens is 1. The molecule has 0 amide bonds. The molecule has 2 N–H and O–H groups in total. The number of methoxy groups -OCH3 is 1. The van der Waals surface area contributed by atoms with Gasteiger partial charge in [0.2, 0.25) is 0 Å². The second kappa shape index (κ2) is 30.2. The molecule has 2 unspecified atom stereocenters. The van der Waals surface area contributed by atoms with Gasteiger partial charge in [0.05, 0.1) is 26.2 Å². The van der Waals surface area contributed by atoms with Crippen molar-refractivity contribution >= 4 is 41.4 Å². The largest absolute Gasteiger partial charge is 0.478 e. The summed E-state index contributed by atoms with van der Waals surface area (Å²) in [4.78, 5) is 51.2. The molecular formula is C29H45ClO12. The number of carboxylic acid groups (broad SMARTS) is 1. The number of carbonyl (C=O) groups is 5. The molecule has 0 spiro atoms. The zero-order valence-corrected chi connectivity index (χ0v) is 25.9. The molecule has 0 radical (unpaired) electrons. The zero-order valence-electron chi connectivity index (χ0n) is 25.1. The smallest absolute Gasteiger partial charge is 0.333 e. The molecule has 0 saturated carbocycles. The Bertz CT molecular complexity index is 891. The Morgan fingerprint density at radius 3 is 1.67 bits per heavy atom. The number of aliphatic carboxylic acids is 1. The molecule has 0 aromatic heterocycles. The van der Waals surface area contributed by atoms with Crippen molar-refractivity contribution in [2.24, 2.45) is 0 Å². The number of rotatable bonds is 13. The zero-order chi connectivity index (χ0) is 33.7. The predicted octanol–water partition coefficient (Wildman–Crippen LogP) is 3.72. The third-order valence-corrected chi connectivity index (χ3v) is 4.06. The number of epoxide rings is 1. The number of hydrogen-bond donors (Lipinski definition) is 2. The first-order chi connectivity index (χ1) is 19.5. The lowest BCUT2D eigenvalue weighted by Gasteiger charge is -2.07. The normalized spacial score (nSPS) is 12.3. The first-order valence-corrected chi connectivity index (χ1v) is 13.0. The van der Waals surface area contributed by atoms with Crippen LogP contribution in [0, 0.1) is 0 Å². The highest BCUT2D eigenvalue weighted by Gasteiger charge is 2.24.